The molecule has 0 amide bonds. The Labute approximate surface area is 209 Å². The zero-order chi connectivity index (χ0) is 26.3. The van der Waals surface area contributed by atoms with Crippen LogP contribution in [-0.2, 0) is 27.2 Å². The van der Waals surface area contributed by atoms with Gasteiger partial charge < -0.3 is 9.79 Å². The summed E-state index contributed by atoms with van der Waals surface area (Å²) in [5.74, 6) is 0.687. The molecule has 8 nitrogen and oxygen atoms in total. The summed E-state index contributed by atoms with van der Waals surface area (Å²) in [5.41, 5.74) is 0. The van der Waals surface area contributed by atoms with Gasteiger partial charge in [-0.3, -0.25) is 18.1 Å². The first-order valence-electron chi connectivity index (χ1n) is 13.3. The van der Waals surface area contributed by atoms with E-state index in [9.17, 15) is 14.0 Å². The number of hydrogen-bond donors (Lipinski definition) is 2. The molecule has 0 heterocycles. The van der Waals surface area contributed by atoms with E-state index < -0.39 is 15.6 Å². The fourth-order valence-electron chi connectivity index (χ4n) is 2.92. The van der Waals surface area contributed by atoms with Gasteiger partial charge in [-0.2, -0.15) is 0 Å². The molecule has 10 heteroatoms. The first-order valence-corrected chi connectivity index (χ1v) is 16.3. The summed E-state index contributed by atoms with van der Waals surface area (Å²) >= 11 is 0. The maximum absolute atomic E-state index is 11.9. The van der Waals surface area contributed by atoms with Crippen molar-refractivity contribution >= 4 is 15.6 Å². The standard InChI is InChI=1S/C16H35O4P.C8H19O4P/c1-5-9-11-15(7-3)13-19-21(17,18)20-14-16(8-4)12-10-6-2;1-3-5-7-11-13(9,10)12-8-6-4-2/h15-16H,5-14H2,1-4H3,(H,17,18);3-8H2,1-2H3,(H,9,10). The van der Waals surface area contributed by atoms with E-state index in [2.05, 4.69) is 27.7 Å². The van der Waals surface area contributed by atoms with Gasteiger partial charge in [0.2, 0.25) is 0 Å². The molecular formula is C24H54O8P2. The molecule has 0 fully saturated rings. The predicted octanol–water partition coefficient (Wildman–Crippen LogP) is 8.27. The number of rotatable bonds is 22. The second-order valence-corrected chi connectivity index (χ2v) is 11.6. The Kier molecular flexibility index (Phi) is 25.3. The van der Waals surface area contributed by atoms with Crippen molar-refractivity contribution in [3.8, 4) is 0 Å². The fourth-order valence-corrected chi connectivity index (χ4v) is 4.59. The molecule has 34 heavy (non-hydrogen) atoms. The molecule has 208 valence electrons. The third-order valence-electron chi connectivity index (χ3n) is 5.54. The van der Waals surface area contributed by atoms with Gasteiger partial charge in [0, 0.05) is 0 Å². The Morgan fingerprint density at radius 1 is 0.559 bits per heavy atom. The van der Waals surface area contributed by atoms with Crippen molar-refractivity contribution in [3.63, 3.8) is 0 Å². The van der Waals surface area contributed by atoms with Crippen LogP contribution < -0.4 is 0 Å². The number of phosphoric ester groups is 2. The van der Waals surface area contributed by atoms with E-state index in [1.54, 1.807) is 0 Å². The van der Waals surface area contributed by atoms with Crippen LogP contribution in [0, 0.1) is 11.8 Å². The second kappa shape index (κ2) is 23.6. The highest BCUT2D eigenvalue weighted by Crippen LogP contribution is 2.45. The van der Waals surface area contributed by atoms with Gasteiger partial charge in [-0.25, -0.2) is 9.13 Å². The van der Waals surface area contributed by atoms with Crippen molar-refractivity contribution in [2.24, 2.45) is 11.8 Å². The van der Waals surface area contributed by atoms with Gasteiger partial charge in [-0.15, -0.1) is 0 Å². The Morgan fingerprint density at radius 3 is 1.18 bits per heavy atom. The van der Waals surface area contributed by atoms with Crippen molar-refractivity contribution < 1.29 is 37.0 Å². The van der Waals surface area contributed by atoms with Gasteiger partial charge in [-0.05, 0) is 37.5 Å². The van der Waals surface area contributed by atoms with E-state index in [4.69, 9.17) is 23.0 Å². The van der Waals surface area contributed by atoms with Crippen LogP contribution in [0.15, 0.2) is 0 Å². The van der Waals surface area contributed by atoms with E-state index in [-0.39, 0.29) is 13.2 Å². The van der Waals surface area contributed by atoms with Crippen molar-refractivity contribution in [1.82, 2.24) is 0 Å². The summed E-state index contributed by atoms with van der Waals surface area (Å²) < 4.78 is 42.7. The molecule has 2 unspecified atom stereocenters. The summed E-state index contributed by atoms with van der Waals surface area (Å²) in [6, 6.07) is 0. The largest absolute Gasteiger partial charge is 0.472 e. The number of hydrogen-bond acceptors (Lipinski definition) is 6. The van der Waals surface area contributed by atoms with Crippen molar-refractivity contribution in [2.45, 2.75) is 119 Å². The minimum atomic E-state index is -3.89. The summed E-state index contributed by atoms with van der Waals surface area (Å²) in [7, 11) is -7.64. The lowest BCUT2D eigenvalue weighted by atomic mass is 10.0. The predicted molar refractivity (Wildman–Crippen MR) is 140 cm³/mol. The third-order valence-corrected chi connectivity index (χ3v) is 7.51. The molecule has 0 aromatic heterocycles. The zero-order valence-corrected chi connectivity index (χ0v) is 24.5. The molecule has 0 aliphatic heterocycles. The average molecular weight is 533 g/mol. The first kappa shape index (κ1) is 36.4. The van der Waals surface area contributed by atoms with Crippen LogP contribution in [0.4, 0.5) is 0 Å². The van der Waals surface area contributed by atoms with E-state index in [1.165, 1.54) is 0 Å². The second-order valence-electron chi connectivity index (χ2n) is 8.74. The molecule has 0 aliphatic rings. The maximum Gasteiger partial charge on any atom is 0.472 e. The van der Waals surface area contributed by atoms with E-state index in [1.807, 2.05) is 13.8 Å². The molecule has 2 atom stereocenters. The maximum atomic E-state index is 11.9. The third kappa shape index (κ3) is 23.9. The molecule has 0 aromatic carbocycles. The van der Waals surface area contributed by atoms with Gasteiger partial charge >= 0.3 is 15.6 Å². The Balaban J connectivity index is 0. The molecule has 0 rings (SSSR count). The number of phosphoric acid groups is 2. The molecule has 0 aliphatic carbocycles. The molecule has 0 spiro atoms. The van der Waals surface area contributed by atoms with Crippen LogP contribution in [0.2, 0.25) is 0 Å². The summed E-state index contributed by atoms with van der Waals surface area (Å²) in [5, 5.41) is 0. The smallest absolute Gasteiger partial charge is 0.302 e. The quantitative estimate of drug-likeness (QED) is 0.106. The molecule has 2 N–H and O–H groups in total. The van der Waals surface area contributed by atoms with E-state index in [0.717, 1.165) is 77.0 Å². The fraction of sp³-hybridized carbons (Fsp3) is 1.00. The van der Waals surface area contributed by atoms with Crippen LogP contribution in [0.1, 0.15) is 119 Å². The van der Waals surface area contributed by atoms with Gasteiger partial charge in [-0.1, -0.05) is 92.9 Å². The zero-order valence-electron chi connectivity index (χ0n) is 22.7. The van der Waals surface area contributed by atoms with Crippen LogP contribution in [-0.4, -0.2) is 36.2 Å². The number of unbranched alkanes of at least 4 members (excludes halogenated alkanes) is 4. The Hall–Kier alpha value is 0.220. The highest BCUT2D eigenvalue weighted by molar-refractivity contribution is 7.47. The van der Waals surface area contributed by atoms with Crippen molar-refractivity contribution in [1.29, 1.82) is 0 Å². The molecule has 0 saturated heterocycles. The Bertz CT molecular complexity index is 495. The molecular weight excluding hydrogens is 478 g/mol. The van der Waals surface area contributed by atoms with Gasteiger partial charge in [0.1, 0.15) is 0 Å². The summed E-state index contributed by atoms with van der Waals surface area (Å²) in [4.78, 5) is 18.8. The lowest BCUT2D eigenvalue weighted by Gasteiger charge is -2.20. The molecule has 0 bridgehead atoms. The van der Waals surface area contributed by atoms with Gasteiger partial charge in [0.15, 0.2) is 0 Å². The minimum Gasteiger partial charge on any atom is -0.302 e. The molecule has 0 saturated carbocycles. The lowest BCUT2D eigenvalue weighted by molar-refractivity contribution is 0.110. The average Bonchev–Trinajstić information content (AvgIpc) is 2.80. The van der Waals surface area contributed by atoms with Crippen LogP contribution in [0.25, 0.3) is 0 Å². The van der Waals surface area contributed by atoms with Crippen molar-refractivity contribution in [2.75, 3.05) is 26.4 Å². The van der Waals surface area contributed by atoms with Gasteiger partial charge in [0.05, 0.1) is 26.4 Å². The normalized spacial score (nSPS) is 15.3. The lowest BCUT2D eigenvalue weighted by Crippen LogP contribution is -2.12. The first-order chi connectivity index (χ1) is 16.1. The Morgan fingerprint density at radius 2 is 0.882 bits per heavy atom. The van der Waals surface area contributed by atoms with E-state index in [0.29, 0.717) is 25.0 Å². The highest BCUT2D eigenvalue weighted by Gasteiger charge is 2.24. The van der Waals surface area contributed by atoms with Crippen LogP contribution in [0.5, 0.6) is 0 Å². The van der Waals surface area contributed by atoms with Crippen LogP contribution in [0.3, 0.4) is 0 Å². The topological polar surface area (TPSA) is 112 Å². The van der Waals surface area contributed by atoms with Gasteiger partial charge in [0.25, 0.3) is 0 Å². The monoisotopic (exact) mass is 532 g/mol. The summed E-state index contributed by atoms with van der Waals surface area (Å²) in [6.07, 6.45) is 12.0. The molecule has 0 aromatic rings. The SMILES string of the molecule is CCCCC(CC)COP(=O)(O)OCC(CC)CCCC.CCCCOP(=O)(O)OCCCC. The van der Waals surface area contributed by atoms with Crippen molar-refractivity contribution in [3.05, 3.63) is 0 Å². The summed E-state index contributed by atoms with van der Waals surface area (Å²) in [6.45, 7) is 13.7. The van der Waals surface area contributed by atoms with E-state index >= 15 is 0 Å². The van der Waals surface area contributed by atoms with Crippen LogP contribution >= 0.6 is 15.6 Å². The highest BCUT2D eigenvalue weighted by atomic mass is 31.2. The molecule has 0 radical (unpaired) electrons. The minimum absolute atomic E-state index is 0.288.